The van der Waals surface area contributed by atoms with Gasteiger partial charge in [0, 0.05) is 61.3 Å². The minimum Gasteiger partial charge on any atom is -0.412 e. The second kappa shape index (κ2) is 290. The van der Waals surface area contributed by atoms with Gasteiger partial charge in [-0.1, -0.05) is 0 Å². The fourth-order valence-corrected chi connectivity index (χ4v) is 0. The smallest absolute Gasteiger partial charge is 0.187 e. The van der Waals surface area contributed by atoms with Crippen LogP contribution in [-0.2, 0) is 61.3 Å². The normalized spacial score (nSPS) is 0.333. The van der Waals surface area contributed by atoms with Gasteiger partial charge < -0.3 is 16.4 Å². The minimum atomic E-state index is 0. The molecule has 0 aliphatic carbocycles. The molecule has 0 aromatic heterocycles. The van der Waals surface area contributed by atoms with E-state index in [1.807, 2.05) is 0 Å². The molecule has 0 aromatic carbocycles. The van der Waals surface area contributed by atoms with Crippen LogP contribution in [0.1, 0.15) is 0 Å². The van der Waals surface area contributed by atoms with Crippen molar-refractivity contribution in [2.45, 2.75) is 0 Å². The molecular formula is H14AgAl2N2O3Si2Zn2. The van der Waals surface area contributed by atoms with E-state index in [0.29, 0.717) is 0 Å². The molecule has 0 fully saturated rings. The van der Waals surface area contributed by atoms with E-state index in [4.69, 9.17) is 9.77 Å². The topological polar surface area (TPSA) is 142 Å². The molecular weight excluding hydrogens is 425 g/mol. The Balaban J connectivity index is -0.000000000500. The van der Waals surface area contributed by atoms with Crippen LogP contribution in [0.4, 0.5) is 0 Å². The molecule has 0 unspecified atom stereocenters. The van der Waals surface area contributed by atoms with Crippen LogP contribution in [0.15, 0.2) is 0 Å². The van der Waals surface area contributed by atoms with Gasteiger partial charge in [-0.15, -0.1) is 0 Å². The Kier molecular flexibility index (Phi) is 2970. The van der Waals surface area contributed by atoms with Crippen LogP contribution < -0.4 is 0 Å². The van der Waals surface area contributed by atoms with E-state index in [1.165, 1.54) is 19.8 Å². The van der Waals surface area contributed by atoms with Crippen molar-refractivity contribution >= 4 is 54.5 Å². The molecule has 0 saturated carbocycles. The molecule has 1 radical (unpaired) electrons. The molecule has 6 N–H and O–H groups in total. The number of hydrogen-bond donors (Lipinski definition) is 0. The third-order valence-electron chi connectivity index (χ3n) is 0. The molecule has 0 saturated heterocycles. The second-order valence-corrected chi connectivity index (χ2v) is 0. The Bertz CT molecular complexity index is 45.8. The van der Waals surface area contributed by atoms with Crippen LogP contribution >= 0.6 is 0 Å². The maximum Gasteiger partial charge on any atom is 0.187 e. The summed E-state index contributed by atoms with van der Waals surface area (Å²) in [7, 11) is 2.83. The summed E-state index contributed by atoms with van der Waals surface area (Å²) in [5, 5.41) is 0. The van der Waals surface area contributed by atoms with Gasteiger partial charge in [0.1, 0.15) is 0 Å². The van der Waals surface area contributed by atoms with Crippen LogP contribution in [0.3, 0.4) is 0 Å². The number of hydrogen-bond acceptors (Lipinski definition) is 2. The first-order chi connectivity index (χ1) is 2.00. The summed E-state index contributed by atoms with van der Waals surface area (Å²) in [6.07, 6.45) is 0. The monoisotopic (exact) mass is 435 g/mol. The molecule has 0 heterocycles. The SMILES string of the molecule is N#[SiH].N#[SiH].O.O.O.[Ag].[AlH3].[AlH3].[Zn].[Zn]. The van der Waals surface area contributed by atoms with Crippen LogP contribution in [-0.4, -0.2) is 70.9 Å². The molecule has 0 atom stereocenters. The van der Waals surface area contributed by atoms with E-state index < -0.39 is 0 Å². The maximum atomic E-state index is 6.92. The molecule has 0 spiro atoms. The van der Waals surface area contributed by atoms with Gasteiger partial charge in [0.25, 0.3) is 0 Å². The number of rotatable bonds is 0. The molecule has 0 aliphatic heterocycles. The minimum absolute atomic E-state index is 0. The van der Waals surface area contributed by atoms with Gasteiger partial charge >= 0.3 is 0 Å². The zero-order chi connectivity index (χ0) is 4.00. The Morgan fingerprint density at radius 2 is 0.583 bits per heavy atom. The van der Waals surface area contributed by atoms with Crippen molar-refractivity contribution < 1.29 is 77.8 Å². The van der Waals surface area contributed by atoms with Gasteiger partial charge in [-0.2, -0.15) is 0 Å². The van der Waals surface area contributed by atoms with Crippen LogP contribution in [0.25, 0.3) is 0 Å². The number of nitrogens with zero attached hydrogens (tertiary/aromatic N) is 2. The maximum absolute atomic E-state index is 6.92. The van der Waals surface area contributed by atoms with Crippen molar-refractivity contribution in [1.82, 2.24) is 0 Å². The Labute approximate surface area is 140 Å². The van der Waals surface area contributed by atoms with Crippen molar-refractivity contribution in [3.63, 3.8) is 0 Å². The van der Waals surface area contributed by atoms with E-state index in [-0.39, 0.29) is 112 Å². The van der Waals surface area contributed by atoms with Gasteiger partial charge in [0.2, 0.25) is 0 Å². The first kappa shape index (κ1) is 123. The van der Waals surface area contributed by atoms with E-state index in [9.17, 15) is 0 Å². The summed E-state index contributed by atoms with van der Waals surface area (Å²) in [4.78, 5) is 13.8. The summed E-state index contributed by atoms with van der Waals surface area (Å²) >= 11 is 0. The molecule has 12 heavy (non-hydrogen) atoms. The molecule has 12 heteroatoms. The van der Waals surface area contributed by atoms with E-state index >= 15 is 0 Å². The molecule has 0 aliphatic rings. The Morgan fingerprint density at radius 3 is 0.583 bits per heavy atom. The van der Waals surface area contributed by atoms with Gasteiger partial charge in [-0.05, 0) is 0 Å². The van der Waals surface area contributed by atoms with Crippen molar-refractivity contribution in [2.75, 3.05) is 0 Å². The third kappa shape index (κ3) is 229. The first-order valence-electron chi connectivity index (χ1n) is 0.516. The molecule has 0 bridgehead atoms. The fourth-order valence-electron chi connectivity index (χ4n) is 0. The summed E-state index contributed by atoms with van der Waals surface area (Å²) in [6, 6.07) is 0. The molecule has 0 amide bonds. The largest absolute Gasteiger partial charge is 0.412 e. The first-order valence-corrected chi connectivity index (χ1v) is 1.55. The van der Waals surface area contributed by atoms with E-state index in [1.54, 1.807) is 0 Å². The van der Waals surface area contributed by atoms with Gasteiger partial charge in [0.15, 0.2) is 54.5 Å². The molecule has 0 aromatic rings. The standard InChI is InChI=1S/Ag.2Al.2HNSi.3H2O.2Zn.6H/c;;;2*1-2;;;;;;;;;;;/h;;;2*2H;3*1H2;;;;;;;;. The molecule has 71 valence electrons. The quantitative estimate of drug-likeness (QED) is 0.347. The van der Waals surface area contributed by atoms with Crippen LogP contribution in [0, 0.1) is 9.77 Å². The van der Waals surface area contributed by atoms with Crippen molar-refractivity contribution in [3.05, 3.63) is 0 Å². The van der Waals surface area contributed by atoms with Gasteiger partial charge in [-0.25, -0.2) is 0 Å². The zero-order valence-electron chi connectivity index (χ0n) is 5.26. The summed E-state index contributed by atoms with van der Waals surface area (Å²) in [5.74, 6) is 0. The summed E-state index contributed by atoms with van der Waals surface area (Å²) in [5.41, 5.74) is 0. The second-order valence-electron chi connectivity index (χ2n) is 0. The summed E-state index contributed by atoms with van der Waals surface area (Å²) < 4.78 is 0. The van der Waals surface area contributed by atoms with Crippen molar-refractivity contribution in [2.24, 2.45) is 0 Å². The predicted octanol–water partition coefficient (Wildman–Crippen LogP) is -6.12. The average Bonchev–Trinajstić information content (AvgIpc) is 1.50. The van der Waals surface area contributed by atoms with Crippen molar-refractivity contribution in [3.8, 4) is 0 Å². The van der Waals surface area contributed by atoms with Gasteiger partial charge in [-0.3, -0.25) is 9.77 Å². The summed E-state index contributed by atoms with van der Waals surface area (Å²) in [6.45, 7) is 0. The average molecular weight is 439 g/mol. The van der Waals surface area contributed by atoms with Gasteiger partial charge in [0.05, 0.1) is 0 Å². The third-order valence-corrected chi connectivity index (χ3v) is 0. The van der Waals surface area contributed by atoms with Crippen LogP contribution in [0.5, 0.6) is 0 Å². The van der Waals surface area contributed by atoms with Crippen molar-refractivity contribution in [1.29, 1.82) is 9.77 Å². The molecule has 0 rings (SSSR count). The fraction of sp³-hybridized carbons (Fsp3) is 0. The zero-order valence-corrected chi connectivity index (χ0v) is 15.0. The van der Waals surface area contributed by atoms with Crippen LogP contribution in [0.2, 0.25) is 0 Å². The predicted molar refractivity (Wildman–Crippen MR) is 48.5 cm³/mol. The van der Waals surface area contributed by atoms with E-state index in [0.717, 1.165) is 0 Å². The Morgan fingerprint density at radius 1 is 0.583 bits per heavy atom. The van der Waals surface area contributed by atoms with E-state index in [2.05, 4.69) is 0 Å². The Hall–Kier alpha value is 2.79. The molecule has 5 nitrogen and oxygen atoms in total.